The van der Waals surface area contributed by atoms with E-state index in [4.69, 9.17) is 0 Å². The molecule has 0 aliphatic carbocycles. The quantitative estimate of drug-likeness (QED) is 0.815. The monoisotopic (exact) mass is 316 g/mol. The van der Waals surface area contributed by atoms with Crippen LogP contribution in [-0.4, -0.2) is 50.0 Å². The summed E-state index contributed by atoms with van der Waals surface area (Å²) in [6.07, 6.45) is 5.07. The molecule has 1 amide bonds. The highest BCUT2D eigenvalue weighted by atomic mass is 19.1. The number of amides is 1. The number of hydrogen-bond acceptors (Lipinski definition) is 5. The Morgan fingerprint density at radius 1 is 1.26 bits per heavy atom. The summed E-state index contributed by atoms with van der Waals surface area (Å²) in [4.78, 5) is 29.0. The van der Waals surface area contributed by atoms with Crippen molar-refractivity contribution in [2.24, 2.45) is 7.05 Å². The Balaban J connectivity index is 1.68. The lowest BCUT2D eigenvalue weighted by molar-refractivity contribution is -0.136. The lowest BCUT2D eigenvalue weighted by atomic mass is 9.95. The van der Waals surface area contributed by atoms with Gasteiger partial charge in [0, 0.05) is 26.7 Å². The molecule has 0 aromatic carbocycles. The summed E-state index contributed by atoms with van der Waals surface area (Å²) in [5.74, 6) is -0.227. The van der Waals surface area contributed by atoms with Crippen LogP contribution in [-0.2, 0) is 18.4 Å². The molecule has 7 nitrogen and oxygen atoms in total. The molecule has 1 unspecified atom stereocenters. The number of aromatic nitrogens is 4. The first-order valence-electron chi connectivity index (χ1n) is 7.65. The van der Waals surface area contributed by atoms with Crippen LogP contribution in [0.5, 0.6) is 0 Å². The Morgan fingerprint density at radius 3 is 2.65 bits per heavy atom. The Bertz CT molecular complexity index is 739. The van der Waals surface area contributed by atoms with E-state index < -0.39 is 5.82 Å². The maximum absolute atomic E-state index is 13.0. The number of imidazole rings is 1. The van der Waals surface area contributed by atoms with E-state index in [2.05, 4.69) is 15.0 Å². The van der Waals surface area contributed by atoms with Crippen molar-refractivity contribution in [2.75, 3.05) is 24.5 Å². The number of fused-ring (bicyclic) bond motifs is 1. The molecule has 0 saturated carbocycles. The number of nitrogens with zero attached hydrogens (tertiary/aromatic N) is 6. The van der Waals surface area contributed by atoms with E-state index in [0.29, 0.717) is 19.0 Å². The summed E-state index contributed by atoms with van der Waals surface area (Å²) in [5.41, 5.74) is 1.81. The molecule has 2 aromatic heterocycles. The van der Waals surface area contributed by atoms with Crippen molar-refractivity contribution in [1.82, 2.24) is 24.4 Å². The van der Waals surface area contributed by atoms with Crippen molar-refractivity contribution in [3.63, 3.8) is 0 Å². The number of carbonyl (C=O) groups is 1. The molecule has 2 aliphatic rings. The molecule has 0 bridgehead atoms. The number of hydrogen-bond donors (Lipinski definition) is 0. The van der Waals surface area contributed by atoms with E-state index in [1.807, 2.05) is 21.4 Å². The minimum atomic E-state index is -0.475. The van der Waals surface area contributed by atoms with Crippen LogP contribution in [0.2, 0.25) is 0 Å². The first kappa shape index (κ1) is 14.1. The zero-order valence-electron chi connectivity index (χ0n) is 12.8. The number of carbonyl (C=O) groups excluding carboxylic acids is 1. The van der Waals surface area contributed by atoms with E-state index >= 15 is 0 Å². The molecule has 4 heterocycles. The average Bonchev–Trinajstić information content (AvgIpc) is 2.87. The lowest BCUT2D eigenvalue weighted by Crippen LogP contribution is -2.49. The second kappa shape index (κ2) is 5.29. The Kier molecular flexibility index (Phi) is 3.24. The van der Waals surface area contributed by atoms with Gasteiger partial charge in [-0.3, -0.25) is 4.79 Å². The minimum absolute atomic E-state index is 0.118. The van der Waals surface area contributed by atoms with E-state index in [1.54, 1.807) is 6.33 Å². The highest BCUT2D eigenvalue weighted by Gasteiger charge is 2.38. The van der Waals surface area contributed by atoms with Crippen LogP contribution in [0.1, 0.15) is 23.7 Å². The zero-order valence-corrected chi connectivity index (χ0v) is 12.8. The summed E-state index contributed by atoms with van der Waals surface area (Å²) in [7, 11) is 1.91. The van der Waals surface area contributed by atoms with Crippen LogP contribution in [0.4, 0.5) is 10.3 Å². The van der Waals surface area contributed by atoms with E-state index in [9.17, 15) is 9.18 Å². The molecule has 1 saturated heterocycles. The highest BCUT2D eigenvalue weighted by Crippen LogP contribution is 2.31. The summed E-state index contributed by atoms with van der Waals surface area (Å²) in [5, 5.41) is 0. The maximum Gasteiger partial charge on any atom is 0.233 e. The summed E-state index contributed by atoms with van der Waals surface area (Å²) in [6.45, 7) is 2.63. The molecular formula is C15H17FN6O. The normalized spacial score (nSPS) is 20.2. The Hall–Kier alpha value is -2.51. The SMILES string of the molecule is Cn1cnc2c1C(C(=O)N1CCC1)CN(c1ncc(F)cn1)C2. The third-order valence-corrected chi connectivity index (χ3v) is 4.49. The van der Waals surface area contributed by atoms with Gasteiger partial charge in [0.15, 0.2) is 5.82 Å². The topological polar surface area (TPSA) is 67.2 Å². The fourth-order valence-electron chi connectivity index (χ4n) is 3.18. The predicted octanol–water partition coefficient (Wildman–Crippen LogP) is 0.685. The molecule has 2 aromatic rings. The first-order valence-corrected chi connectivity index (χ1v) is 7.65. The number of halogens is 1. The molecule has 120 valence electrons. The van der Waals surface area contributed by atoms with Crippen LogP contribution < -0.4 is 4.90 Å². The van der Waals surface area contributed by atoms with Crippen LogP contribution in [0.15, 0.2) is 18.7 Å². The van der Waals surface area contributed by atoms with Crippen molar-refractivity contribution >= 4 is 11.9 Å². The van der Waals surface area contributed by atoms with Crippen LogP contribution in [0.25, 0.3) is 0 Å². The second-order valence-electron chi connectivity index (χ2n) is 6.00. The van der Waals surface area contributed by atoms with Gasteiger partial charge in [0.1, 0.15) is 0 Å². The minimum Gasteiger partial charge on any atom is -0.342 e. The van der Waals surface area contributed by atoms with Crippen LogP contribution >= 0.6 is 0 Å². The van der Waals surface area contributed by atoms with Crippen molar-refractivity contribution in [2.45, 2.75) is 18.9 Å². The van der Waals surface area contributed by atoms with Gasteiger partial charge >= 0.3 is 0 Å². The van der Waals surface area contributed by atoms with Crippen molar-refractivity contribution < 1.29 is 9.18 Å². The molecule has 8 heteroatoms. The molecule has 1 fully saturated rings. The van der Waals surface area contributed by atoms with E-state index in [-0.39, 0.29) is 11.8 Å². The van der Waals surface area contributed by atoms with E-state index in [1.165, 1.54) is 0 Å². The lowest BCUT2D eigenvalue weighted by Gasteiger charge is -2.38. The van der Waals surface area contributed by atoms with Gasteiger partial charge in [-0.2, -0.15) is 0 Å². The van der Waals surface area contributed by atoms with Crippen LogP contribution in [0.3, 0.4) is 0 Å². The third kappa shape index (κ3) is 2.34. The number of anilines is 1. The van der Waals surface area contributed by atoms with Gasteiger partial charge in [-0.1, -0.05) is 0 Å². The Morgan fingerprint density at radius 2 is 2.00 bits per heavy atom. The fourth-order valence-corrected chi connectivity index (χ4v) is 3.18. The molecule has 2 aliphatic heterocycles. The largest absolute Gasteiger partial charge is 0.342 e. The molecule has 23 heavy (non-hydrogen) atoms. The van der Waals surface area contributed by atoms with Gasteiger partial charge in [0.05, 0.1) is 42.6 Å². The van der Waals surface area contributed by atoms with Gasteiger partial charge in [0.2, 0.25) is 11.9 Å². The number of rotatable bonds is 2. The molecule has 0 radical (unpaired) electrons. The summed E-state index contributed by atoms with van der Waals surface area (Å²) in [6, 6.07) is 0. The number of aryl methyl sites for hydroxylation is 1. The zero-order chi connectivity index (χ0) is 16.0. The molecule has 4 rings (SSSR count). The van der Waals surface area contributed by atoms with E-state index in [0.717, 1.165) is 43.3 Å². The van der Waals surface area contributed by atoms with Crippen LogP contribution in [0, 0.1) is 5.82 Å². The average molecular weight is 316 g/mol. The third-order valence-electron chi connectivity index (χ3n) is 4.49. The van der Waals surface area contributed by atoms with Gasteiger partial charge in [0.25, 0.3) is 0 Å². The molecule has 0 spiro atoms. The second-order valence-corrected chi connectivity index (χ2v) is 6.00. The predicted molar refractivity (Wildman–Crippen MR) is 80.2 cm³/mol. The Labute approximate surface area is 132 Å². The van der Waals surface area contributed by atoms with Crippen molar-refractivity contribution in [1.29, 1.82) is 0 Å². The molecule has 0 N–H and O–H groups in total. The highest BCUT2D eigenvalue weighted by molar-refractivity contribution is 5.85. The summed E-state index contributed by atoms with van der Waals surface area (Å²) >= 11 is 0. The molecular weight excluding hydrogens is 299 g/mol. The van der Waals surface area contributed by atoms with Gasteiger partial charge in [-0.25, -0.2) is 19.3 Å². The summed E-state index contributed by atoms with van der Waals surface area (Å²) < 4.78 is 15.0. The number of likely N-dealkylation sites (tertiary alicyclic amines) is 1. The van der Waals surface area contributed by atoms with Gasteiger partial charge in [-0.05, 0) is 6.42 Å². The maximum atomic E-state index is 13.0. The van der Waals surface area contributed by atoms with Gasteiger partial charge in [-0.15, -0.1) is 0 Å². The fraction of sp³-hybridized carbons (Fsp3) is 0.467. The van der Waals surface area contributed by atoms with Gasteiger partial charge < -0.3 is 14.4 Å². The van der Waals surface area contributed by atoms with Crippen molar-refractivity contribution in [3.8, 4) is 0 Å². The van der Waals surface area contributed by atoms with Crippen molar-refractivity contribution in [3.05, 3.63) is 35.9 Å². The standard InChI is InChI=1S/C15H17FN6O/c1-20-9-19-12-8-22(15-17-5-10(16)6-18-15)7-11(13(12)20)14(23)21-3-2-4-21/h5-6,9,11H,2-4,7-8H2,1H3. The molecule has 1 atom stereocenters. The first-order chi connectivity index (χ1) is 11.1. The smallest absolute Gasteiger partial charge is 0.233 e.